The number of fused-ring (bicyclic) bond motifs is 1. The minimum absolute atomic E-state index is 0.143. The minimum atomic E-state index is -0.257. The molecule has 1 aliphatic heterocycles. The molecule has 0 bridgehead atoms. The molecule has 1 fully saturated rings. The first kappa shape index (κ1) is 14.6. The third kappa shape index (κ3) is 2.69. The van der Waals surface area contributed by atoms with Gasteiger partial charge in [0.05, 0.1) is 6.54 Å². The summed E-state index contributed by atoms with van der Waals surface area (Å²) in [5.74, 6) is 0.783. The van der Waals surface area contributed by atoms with E-state index in [4.69, 9.17) is 0 Å². The van der Waals surface area contributed by atoms with Gasteiger partial charge in [0.2, 0.25) is 0 Å². The van der Waals surface area contributed by atoms with E-state index in [-0.39, 0.29) is 11.5 Å². The molecule has 1 saturated heterocycles. The summed E-state index contributed by atoms with van der Waals surface area (Å²) < 4.78 is 1.43. The summed E-state index contributed by atoms with van der Waals surface area (Å²) in [6.07, 6.45) is 6.67. The number of amides is 1. The van der Waals surface area contributed by atoms with Crippen LogP contribution in [0.2, 0.25) is 0 Å². The van der Waals surface area contributed by atoms with Crippen LogP contribution < -0.4 is 5.56 Å². The molecule has 4 rings (SSSR count). The summed E-state index contributed by atoms with van der Waals surface area (Å²) in [6.45, 7) is 3.56. The minimum Gasteiger partial charge on any atom is -0.348 e. The van der Waals surface area contributed by atoms with Crippen LogP contribution in [0.4, 0.5) is 0 Å². The smallest absolute Gasteiger partial charge is 0.274 e. The van der Waals surface area contributed by atoms with Gasteiger partial charge in [-0.2, -0.15) is 5.10 Å². The first-order chi connectivity index (χ1) is 11.7. The highest BCUT2D eigenvalue weighted by atomic mass is 16.2. The van der Waals surface area contributed by atoms with E-state index in [0.717, 1.165) is 25.5 Å². The Labute approximate surface area is 136 Å². The predicted molar refractivity (Wildman–Crippen MR) is 85.6 cm³/mol. The zero-order valence-electron chi connectivity index (χ0n) is 13.0. The lowest BCUT2D eigenvalue weighted by Gasteiger charge is -2.33. The van der Waals surface area contributed by atoms with Gasteiger partial charge in [0.1, 0.15) is 11.3 Å². The van der Waals surface area contributed by atoms with Crippen LogP contribution in [-0.4, -0.2) is 66.5 Å². The lowest BCUT2D eigenvalue weighted by atomic mass is 10.2. The van der Waals surface area contributed by atoms with Crippen molar-refractivity contribution in [2.45, 2.75) is 6.54 Å². The van der Waals surface area contributed by atoms with Crippen molar-refractivity contribution >= 4 is 11.4 Å². The first-order valence-corrected chi connectivity index (χ1v) is 7.78. The Morgan fingerprint density at radius 1 is 1.17 bits per heavy atom. The molecular formula is C15H17N7O2. The molecule has 4 heterocycles. The van der Waals surface area contributed by atoms with Crippen LogP contribution in [0.5, 0.6) is 0 Å². The van der Waals surface area contributed by atoms with Crippen LogP contribution in [0.3, 0.4) is 0 Å². The van der Waals surface area contributed by atoms with Gasteiger partial charge in [0, 0.05) is 57.0 Å². The molecular weight excluding hydrogens is 310 g/mol. The Bertz CT molecular complexity index is 903. The lowest BCUT2D eigenvalue weighted by Crippen LogP contribution is -2.48. The molecule has 2 N–H and O–H groups in total. The Morgan fingerprint density at radius 2 is 2.00 bits per heavy atom. The third-order valence-corrected chi connectivity index (χ3v) is 4.21. The van der Waals surface area contributed by atoms with Gasteiger partial charge in [-0.15, -0.1) is 0 Å². The number of carbonyl (C=O) groups excluding carboxylic acids is 1. The number of carbonyl (C=O) groups is 1. The fourth-order valence-electron chi connectivity index (χ4n) is 2.91. The van der Waals surface area contributed by atoms with E-state index in [1.165, 1.54) is 16.8 Å². The van der Waals surface area contributed by atoms with Crippen molar-refractivity contribution in [3.8, 4) is 0 Å². The number of piperazine rings is 1. The summed E-state index contributed by atoms with van der Waals surface area (Å²) in [5.41, 5.74) is 0.413. The molecule has 0 radical (unpaired) electrons. The fourth-order valence-corrected chi connectivity index (χ4v) is 2.91. The standard InChI is InChI=1S/C15H17N7O2/c23-14-12-9-11(19-22(12)4-3-18-14)15(24)21-7-5-20(6-8-21)10-13-16-1-2-17-13/h1-4,9H,5-8,10H2,(H,16,17)(H,18,23). The Balaban J connectivity index is 1.43. The number of hydrogen-bond acceptors (Lipinski definition) is 5. The van der Waals surface area contributed by atoms with Gasteiger partial charge in [-0.05, 0) is 0 Å². The second-order valence-corrected chi connectivity index (χ2v) is 5.75. The van der Waals surface area contributed by atoms with E-state index >= 15 is 0 Å². The van der Waals surface area contributed by atoms with Gasteiger partial charge in [0.15, 0.2) is 5.69 Å². The van der Waals surface area contributed by atoms with Crippen LogP contribution in [0, 0.1) is 0 Å². The van der Waals surface area contributed by atoms with Gasteiger partial charge in [-0.3, -0.25) is 14.5 Å². The monoisotopic (exact) mass is 327 g/mol. The molecule has 9 nitrogen and oxygen atoms in total. The number of aromatic nitrogens is 5. The molecule has 9 heteroatoms. The van der Waals surface area contributed by atoms with E-state index in [1.807, 2.05) is 0 Å². The van der Waals surface area contributed by atoms with Crippen LogP contribution in [0.15, 0.2) is 35.6 Å². The molecule has 1 aliphatic rings. The zero-order chi connectivity index (χ0) is 16.5. The first-order valence-electron chi connectivity index (χ1n) is 7.78. The maximum atomic E-state index is 12.6. The summed E-state index contributed by atoms with van der Waals surface area (Å²) in [6, 6.07) is 1.54. The molecule has 0 aliphatic carbocycles. The lowest BCUT2D eigenvalue weighted by molar-refractivity contribution is 0.0619. The fraction of sp³-hybridized carbons (Fsp3) is 0.333. The molecule has 1 amide bonds. The Morgan fingerprint density at radius 3 is 2.71 bits per heavy atom. The number of nitrogens with zero attached hydrogens (tertiary/aromatic N) is 5. The Kier molecular flexibility index (Phi) is 3.62. The highest BCUT2D eigenvalue weighted by molar-refractivity contribution is 5.93. The summed E-state index contributed by atoms with van der Waals surface area (Å²) in [4.78, 5) is 38.2. The molecule has 24 heavy (non-hydrogen) atoms. The van der Waals surface area contributed by atoms with Crippen molar-refractivity contribution < 1.29 is 4.79 Å². The average molecular weight is 327 g/mol. The number of H-pyrrole nitrogens is 2. The van der Waals surface area contributed by atoms with Gasteiger partial charge in [-0.1, -0.05) is 0 Å². The number of aromatic amines is 2. The number of rotatable bonds is 3. The Hall–Kier alpha value is -2.94. The van der Waals surface area contributed by atoms with Crippen molar-refractivity contribution in [2.75, 3.05) is 26.2 Å². The molecule has 0 unspecified atom stereocenters. The van der Waals surface area contributed by atoms with Crippen LogP contribution >= 0.6 is 0 Å². The molecule has 0 atom stereocenters. The molecule has 124 valence electrons. The van der Waals surface area contributed by atoms with Crippen LogP contribution in [0.25, 0.3) is 5.52 Å². The molecule has 3 aromatic rings. The van der Waals surface area contributed by atoms with Gasteiger partial charge in [0.25, 0.3) is 11.5 Å². The van der Waals surface area contributed by atoms with Gasteiger partial charge < -0.3 is 14.9 Å². The maximum Gasteiger partial charge on any atom is 0.274 e. The van der Waals surface area contributed by atoms with Gasteiger partial charge in [-0.25, -0.2) is 9.50 Å². The van der Waals surface area contributed by atoms with E-state index in [2.05, 4.69) is 25.0 Å². The largest absolute Gasteiger partial charge is 0.348 e. The molecule has 0 saturated carbocycles. The number of nitrogens with one attached hydrogen (secondary N) is 2. The van der Waals surface area contributed by atoms with E-state index < -0.39 is 0 Å². The summed E-state index contributed by atoms with van der Waals surface area (Å²) in [7, 11) is 0. The van der Waals surface area contributed by atoms with Crippen molar-refractivity contribution in [1.29, 1.82) is 0 Å². The van der Waals surface area contributed by atoms with E-state index in [9.17, 15) is 9.59 Å². The highest BCUT2D eigenvalue weighted by Crippen LogP contribution is 2.10. The molecule has 0 spiro atoms. The predicted octanol–water partition coefficient (Wildman–Crippen LogP) is -0.296. The number of hydrogen-bond donors (Lipinski definition) is 2. The quantitative estimate of drug-likeness (QED) is 0.688. The second kappa shape index (κ2) is 5.93. The molecule has 3 aromatic heterocycles. The second-order valence-electron chi connectivity index (χ2n) is 5.75. The summed E-state index contributed by atoms with van der Waals surface area (Å²) >= 11 is 0. The SMILES string of the molecule is O=C(c1cc2c(=O)[nH]ccn2n1)N1CCN(Cc2ncc[nH]2)CC1. The van der Waals surface area contributed by atoms with Crippen molar-refractivity contribution in [3.05, 3.63) is 52.7 Å². The normalized spacial score (nSPS) is 15.9. The average Bonchev–Trinajstić information content (AvgIpc) is 3.25. The highest BCUT2D eigenvalue weighted by Gasteiger charge is 2.24. The maximum absolute atomic E-state index is 12.6. The van der Waals surface area contributed by atoms with Crippen molar-refractivity contribution in [1.82, 2.24) is 34.4 Å². The topological polar surface area (TPSA) is 102 Å². The number of imidazole rings is 1. The zero-order valence-corrected chi connectivity index (χ0v) is 13.0. The van der Waals surface area contributed by atoms with E-state index in [0.29, 0.717) is 24.3 Å². The van der Waals surface area contributed by atoms with Crippen molar-refractivity contribution in [3.63, 3.8) is 0 Å². The van der Waals surface area contributed by atoms with Crippen LogP contribution in [-0.2, 0) is 6.54 Å². The van der Waals surface area contributed by atoms with E-state index in [1.54, 1.807) is 23.5 Å². The van der Waals surface area contributed by atoms with Crippen LogP contribution in [0.1, 0.15) is 16.3 Å². The molecule has 0 aromatic carbocycles. The van der Waals surface area contributed by atoms with Crippen molar-refractivity contribution in [2.24, 2.45) is 0 Å². The van der Waals surface area contributed by atoms with Gasteiger partial charge >= 0.3 is 0 Å². The summed E-state index contributed by atoms with van der Waals surface area (Å²) in [5, 5.41) is 4.21. The third-order valence-electron chi connectivity index (χ3n) is 4.21.